The van der Waals surface area contributed by atoms with Crippen molar-refractivity contribution in [2.75, 3.05) is 18.5 Å². The maximum Gasteiger partial charge on any atom is 0.138 e. The molecule has 3 aromatic carbocycles. The van der Waals surface area contributed by atoms with Crippen molar-refractivity contribution in [3.8, 4) is 17.1 Å². The summed E-state index contributed by atoms with van der Waals surface area (Å²) in [6.07, 6.45) is 1.76. The molecule has 0 aliphatic rings. The predicted octanol–water partition coefficient (Wildman–Crippen LogP) is 6.47. The van der Waals surface area contributed by atoms with Gasteiger partial charge in [0, 0.05) is 40.0 Å². The van der Waals surface area contributed by atoms with E-state index in [4.69, 9.17) is 27.5 Å². The third-order valence-corrected chi connectivity index (χ3v) is 5.55. The molecule has 2 heterocycles. The molecule has 7 nitrogen and oxygen atoms in total. The number of aromatic nitrogens is 3. The van der Waals surface area contributed by atoms with Crippen LogP contribution in [0, 0.1) is 5.41 Å². The van der Waals surface area contributed by atoms with E-state index in [1.54, 1.807) is 12.3 Å². The molecule has 11 heteroatoms. The number of ether oxygens (including phenoxy) is 1. The quantitative estimate of drug-likeness (QED) is 0.103. The minimum Gasteiger partial charge on any atom is -0.492 e. The van der Waals surface area contributed by atoms with Crippen LogP contribution in [-0.2, 0) is 0 Å². The van der Waals surface area contributed by atoms with Crippen LogP contribution in [0.15, 0.2) is 72.9 Å². The van der Waals surface area contributed by atoms with Crippen LogP contribution in [0.5, 0.6) is 5.75 Å². The van der Waals surface area contributed by atoms with Crippen molar-refractivity contribution in [1.82, 2.24) is 15.0 Å². The van der Waals surface area contributed by atoms with Gasteiger partial charge in [-0.15, -0.1) is 37.2 Å². The van der Waals surface area contributed by atoms with Gasteiger partial charge in [0.2, 0.25) is 0 Å². The molecule has 0 atom stereocenters. The highest BCUT2D eigenvalue weighted by molar-refractivity contribution is 6.31. The van der Waals surface area contributed by atoms with Gasteiger partial charge in [0.25, 0.3) is 0 Å². The van der Waals surface area contributed by atoms with Gasteiger partial charge in [-0.25, -0.2) is 4.98 Å². The molecule has 0 amide bonds. The number of fused-ring (bicyclic) bond motifs is 2. The number of imidazole rings is 1. The van der Waals surface area contributed by atoms with Gasteiger partial charge in [0.15, 0.2) is 0 Å². The summed E-state index contributed by atoms with van der Waals surface area (Å²) >= 11 is 6.06. The van der Waals surface area contributed by atoms with Crippen LogP contribution in [0.4, 0.5) is 5.69 Å². The van der Waals surface area contributed by atoms with Gasteiger partial charge in [-0.3, -0.25) is 10.4 Å². The van der Waals surface area contributed by atoms with Crippen molar-refractivity contribution in [3.05, 3.63) is 83.5 Å². The molecule has 0 aliphatic heterocycles. The molecule has 2 aromatic heterocycles. The summed E-state index contributed by atoms with van der Waals surface area (Å²) in [5.74, 6) is 1.57. The lowest BCUT2D eigenvalue weighted by atomic mass is 10.2. The zero-order chi connectivity index (χ0) is 22.8. The molecule has 0 spiro atoms. The number of nitrogens with zero attached hydrogens (tertiary/aromatic N) is 2. The summed E-state index contributed by atoms with van der Waals surface area (Å²) < 4.78 is 5.88. The molecule has 0 bridgehead atoms. The lowest BCUT2D eigenvalue weighted by Crippen LogP contribution is -2.11. The number of aromatic amines is 1. The van der Waals surface area contributed by atoms with Gasteiger partial charge in [0.1, 0.15) is 24.0 Å². The molecular formula is C25H24Cl4N6O. The summed E-state index contributed by atoms with van der Waals surface area (Å²) in [5, 5.41) is 12.7. The Hall–Kier alpha value is -3.23. The van der Waals surface area contributed by atoms with Crippen molar-refractivity contribution in [2.24, 2.45) is 5.73 Å². The number of rotatable bonds is 7. The Morgan fingerprint density at radius 3 is 2.50 bits per heavy atom. The molecule has 0 radical (unpaired) electrons. The topological polar surface area (TPSA) is 113 Å². The first-order valence-corrected chi connectivity index (χ1v) is 10.8. The van der Waals surface area contributed by atoms with E-state index in [1.807, 2.05) is 60.7 Å². The van der Waals surface area contributed by atoms with E-state index in [0.717, 1.165) is 44.8 Å². The molecule has 36 heavy (non-hydrogen) atoms. The Morgan fingerprint density at radius 1 is 0.972 bits per heavy atom. The van der Waals surface area contributed by atoms with Crippen LogP contribution >= 0.6 is 48.8 Å². The van der Waals surface area contributed by atoms with Gasteiger partial charge in [0.05, 0.1) is 16.6 Å². The predicted molar refractivity (Wildman–Crippen MR) is 155 cm³/mol. The van der Waals surface area contributed by atoms with Crippen LogP contribution in [-0.4, -0.2) is 33.9 Å². The number of hydrogen-bond donors (Lipinski definition) is 4. The fourth-order valence-electron chi connectivity index (χ4n) is 3.65. The van der Waals surface area contributed by atoms with Crippen molar-refractivity contribution in [1.29, 1.82) is 5.41 Å². The largest absolute Gasteiger partial charge is 0.492 e. The number of nitrogen functional groups attached to an aromatic ring is 1. The van der Waals surface area contributed by atoms with Gasteiger partial charge in [-0.2, -0.15) is 0 Å². The Kier molecular flexibility index (Phi) is 10.2. The Morgan fingerprint density at radius 2 is 1.75 bits per heavy atom. The minimum atomic E-state index is 0. The van der Waals surface area contributed by atoms with Gasteiger partial charge in [-0.05, 0) is 66.7 Å². The van der Waals surface area contributed by atoms with E-state index < -0.39 is 0 Å². The lowest BCUT2D eigenvalue weighted by Gasteiger charge is -2.11. The second-order valence-corrected chi connectivity index (χ2v) is 7.99. The molecule has 0 unspecified atom stereocenters. The summed E-state index contributed by atoms with van der Waals surface area (Å²) in [6.45, 7) is 1.15. The van der Waals surface area contributed by atoms with E-state index in [-0.39, 0.29) is 43.1 Å². The summed E-state index contributed by atoms with van der Waals surface area (Å²) in [6, 6.07) is 20.9. The zero-order valence-electron chi connectivity index (χ0n) is 18.8. The smallest absolute Gasteiger partial charge is 0.138 e. The first-order valence-electron chi connectivity index (χ1n) is 10.4. The van der Waals surface area contributed by atoms with Crippen molar-refractivity contribution in [3.63, 3.8) is 0 Å². The SMILES string of the molecule is Cl.Cl.Cl.N=C(N)c1ccc2nc(-c3ccc(OCCNc4ccnc5cc(Cl)ccc45)cc3)[nH]c2c1. The molecular weight excluding hydrogens is 542 g/mol. The standard InChI is InChI=1S/C25H21ClN6O.3ClH/c26-17-4-7-19-20(9-10-29-22(19)14-17)30-11-12-33-18-5-1-15(2-6-18)25-31-21-8-3-16(24(27)28)13-23(21)32-25;;;/h1-10,13-14H,11-12H2,(H3,27,28)(H,29,30)(H,31,32);3*1H. The van der Waals surface area contributed by atoms with Crippen LogP contribution in [0.3, 0.4) is 0 Å². The number of nitrogens with one attached hydrogen (secondary N) is 3. The highest BCUT2D eigenvalue weighted by atomic mass is 35.5. The number of anilines is 1. The Bertz CT molecular complexity index is 1470. The molecule has 0 aliphatic carbocycles. The number of benzene rings is 3. The number of pyridine rings is 1. The Balaban J connectivity index is 0.00000152. The number of nitrogens with two attached hydrogens (primary N) is 1. The summed E-state index contributed by atoms with van der Waals surface area (Å²) in [4.78, 5) is 12.3. The van der Waals surface area contributed by atoms with Crippen LogP contribution in [0.25, 0.3) is 33.3 Å². The molecule has 0 saturated heterocycles. The monoisotopic (exact) mass is 564 g/mol. The van der Waals surface area contributed by atoms with E-state index >= 15 is 0 Å². The summed E-state index contributed by atoms with van der Waals surface area (Å²) in [5.41, 5.74) is 10.7. The summed E-state index contributed by atoms with van der Waals surface area (Å²) in [7, 11) is 0. The molecule has 188 valence electrons. The first-order chi connectivity index (χ1) is 16.1. The maximum absolute atomic E-state index is 7.58. The van der Waals surface area contributed by atoms with E-state index in [0.29, 0.717) is 23.7 Å². The second-order valence-electron chi connectivity index (χ2n) is 7.55. The van der Waals surface area contributed by atoms with Crippen molar-refractivity contribution in [2.45, 2.75) is 0 Å². The Labute approximate surface area is 231 Å². The lowest BCUT2D eigenvalue weighted by molar-refractivity contribution is 0.333. The van der Waals surface area contributed by atoms with E-state index in [9.17, 15) is 0 Å². The third-order valence-electron chi connectivity index (χ3n) is 5.31. The zero-order valence-corrected chi connectivity index (χ0v) is 22.0. The highest BCUT2D eigenvalue weighted by Gasteiger charge is 2.08. The third kappa shape index (κ3) is 6.30. The normalized spacial score (nSPS) is 10.1. The highest BCUT2D eigenvalue weighted by Crippen LogP contribution is 2.25. The maximum atomic E-state index is 7.58. The average molecular weight is 566 g/mol. The van der Waals surface area contributed by atoms with Gasteiger partial charge >= 0.3 is 0 Å². The molecule has 0 saturated carbocycles. The average Bonchev–Trinajstić information content (AvgIpc) is 3.25. The van der Waals surface area contributed by atoms with Crippen molar-refractivity contribution < 1.29 is 4.74 Å². The van der Waals surface area contributed by atoms with Crippen LogP contribution < -0.4 is 15.8 Å². The molecule has 5 aromatic rings. The van der Waals surface area contributed by atoms with Gasteiger partial charge in [-0.1, -0.05) is 11.6 Å². The second kappa shape index (κ2) is 12.6. The molecule has 5 rings (SSSR count). The van der Waals surface area contributed by atoms with Crippen LogP contribution in [0.2, 0.25) is 5.02 Å². The number of H-pyrrole nitrogens is 1. The van der Waals surface area contributed by atoms with Crippen molar-refractivity contribution >= 4 is 82.3 Å². The minimum absolute atomic E-state index is 0. The van der Waals surface area contributed by atoms with Gasteiger partial charge < -0.3 is 20.8 Å². The van der Waals surface area contributed by atoms with E-state index in [2.05, 4.69) is 20.3 Å². The first kappa shape index (κ1) is 29.0. The number of hydrogen-bond acceptors (Lipinski definition) is 5. The molecule has 0 fully saturated rings. The number of halogens is 4. The van der Waals surface area contributed by atoms with E-state index in [1.165, 1.54) is 0 Å². The fourth-order valence-corrected chi connectivity index (χ4v) is 3.82. The van der Waals surface area contributed by atoms with Crippen LogP contribution in [0.1, 0.15) is 5.56 Å². The molecule has 5 N–H and O–H groups in total. The fraction of sp³-hybridized carbons (Fsp3) is 0.0800. The number of amidine groups is 1.